The van der Waals surface area contributed by atoms with E-state index in [0.29, 0.717) is 3.70 Å². The summed E-state index contributed by atoms with van der Waals surface area (Å²) in [5.41, 5.74) is -0.772. The van der Waals surface area contributed by atoms with E-state index in [2.05, 4.69) is 4.98 Å². The highest BCUT2D eigenvalue weighted by Crippen LogP contribution is 2.24. The molecule has 0 aliphatic rings. The molecule has 1 aromatic heterocycles. The van der Waals surface area contributed by atoms with Crippen molar-refractivity contribution in [2.24, 2.45) is 0 Å². The van der Waals surface area contributed by atoms with Crippen molar-refractivity contribution < 1.29 is 13.2 Å². The van der Waals surface area contributed by atoms with E-state index in [4.69, 9.17) is 0 Å². The van der Waals surface area contributed by atoms with E-state index < -0.39 is 17.9 Å². The van der Waals surface area contributed by atoms with Gasteiger partial charge in [0.1, 0.15) is 9.39 Å². The molecule has 1 aromatic rings. The van der Waals surface area contributed by atoms with E-state index in [1.165, 1.54) is 6.07 Å². The van der Waals surface area contributed by atoms with Gasteiger partial charge in [0.2, 0.25) is 0 Å². The molecule has 0 N–H and O–H groups in total. The number of alkyl halides is 2. The smallest absolute Gasteiger partial charge is 0.238 e. The summed E-state index contributed by atoms with van der Waals surface area (Å²) >= 11 is 3.42. The van der Waals surface area contributed by atoms with Crippen molar-refractivity contribution in [3.8, 4) is 0 Å². The summed E-state index contributed by atoms with van der Waals surface area (Å²) in [6.45, 7) is 0. The van der Waals surface area contributed by atoms with Crippen molar-refractivity contribution in [3.63, 3.8) is 0 Å². The van der Waals surface area contributed by atoms with Crippen LogP contribution in [0, 0.1) is 13.1 Å². The first kappa shape index (κ1) is 10.5. The van der Waals surface area contributed by atoms with Crippen LogP contribution in [-0.2, 0) is 0 Å². The molecule has 0 saturated carbocycles. The Kier molecular flexibility index (Phi) is 3.56. The lowest BCUT2D eigenvalue weighted by molar-refractivity contribution is 0.140. The van der Waals surface area contributed by atoms with Crippen molar-refractivity contribution in [1.29, 1.82) is 0 Å². The number of hydrogen-bond donors (Lipinski definition) is 0. The van der Waals surface area contributed by atoms with E-state index >= 15 is 0 Å². The molecule has 0 spiro atoms. The molecule has 0 fully saturated rings. The predicted molar refractivity (Wildman–Crippen MR) is 54.6 cm³/mol. The van der Waals surface area contributed by atoms with Crippen molar-refractivity contribution in [3.05, 3.63) is 24.8 Å². The van der Waals surface area contributed by atoms with Gasteiger partial charge in [-0.05, 0) is 51.2 Å². The third-order valence-corrected chi connectivity index (χ3v) is 2.45. The Hall–Kier alpha value is 0.400. The fraction of sp³-hybridized carbons (Fsp3) is 0.167. The van der Waals surface area contributed by atoms with Gasteiger partial charge in [-0.3, -0.25) is 0 Å². The van der Waals surface area contributed by atoms with Crippen molar-refractivity contribution >= 4 is 45.2 Å². The van der Waals surface area contributed by atoms with Crippen LogP contribution in [0.5, 0.6) is 0 Å². The van der Waals surface area contributed by atoms with Crippen LogP contribution in [0.3, 0.4) is 0 Å². The van der Waals surface area contributed by atoms with Crippen molar-refractivity contribution in [2.75, 3.05) is 0 Å². The number of rotatable bonds is 1. The van der Waals surface area contributed by atoms with Gasteiger partial charge in [0.05, 0.1) is 3.57 Å². The quantitative estimate of drug-likeness (QED) is 0.522. The van der Waals surface area contributed by atoms with E-state index in [9.17, 15) is 13.2 Å². The van der Waals surface area contributed by atoms with Crippen LogP contribution in [-0.4, -0.2) is 4.98 Å². The van der Waals surface area contributed by atoms with Gasteiger partial charge >= 0.3 is 0 Å². The Balaban J connectivity index is 3.28. The van der Waals surface area contributed by atoms with Gasteiger partial charge in [-0.25, -0.2) is 18.2 Å². The number of pyridine rings is 1. The maximum Gasteiger partial charge on any atom is 0.283 e. The molecule has 1 heterocycles. The molecule has 1 rings (SSSR count). The number of aromatic nitrogens is 1. The minimum Gasteiger partial charge on any atom is -0.238 e. The highest BCUT2D eigenvalue weighted by Gasteiger charge is 2.18. The maximum atomic E-state index is 12.9. The molecule has 0 aliphatic heterocycles. The monoisotopic (exact) mass is 399 g/mol. The van der Waals surface area contributed by atoms with E-state index in [1.807, 2.05) is 0 Å². The molecule has 0 aliphatic carbocycles. The zero-order valence-electron chi connectivity index (χ0n) is 5.49. The molecule has 0 unspecified atom stereocenters. The first-order valence-electron chi connectivity index (χ1n) is 2.82. The first-order valence-corrected chi connectivity index (χ1v) is 4.97. The second-order valence-electron chi connectivity index (χ2n) is 1.93. The lowest BCUT2D eigenvalue weighted by Gasteiger charge is -2.02. The lowest BCUT2D eigenvalue weighted by atomic mass is 10.3. The van der Waals surface area contributed by atoms with Gasteiger partial charge in [0.15, 0.2) is 5.82 Å². The average molecular weight is 399 g/mol. The minimum atomic E-state index is -2.85. The summed E-state index contributed by atoms with van der Waals surface area (Å²) in [5, 5.41) is 0. The third-order valence-electron chi connectivity index (χ3n) is 1.11. The Bertz CT molecular complexity index is 303. The fourth-order valence-corrected chi connectivity index (χ4v) is 2.37. The highest BCUT2D eigenvalue weighted by molar-refractivity contribution is 14.1. The predicted octanol–water partition coefficient (Wildman–Crippen LogP) is 3.37. The van der Waals surface area contributed by atoms with Crippen LogP contribution in [0.15, 0.2) is 6.07 Å². The third kappa shape index (κ3) is 2.21. The fourth-order valence-electron chi connectivity index (χ4n) is 0.631. The first-order chi connectivity index (χ1) is 5.52. The summed E-state index contributed by atoms with van der Waals surface area (Å²) in [6, 6.07) is 1.41. The van der Waals surface area contributed by atoms with Gasteiger partial charge in [-0.1, -0.05) is 0 Å². The van der Waals surface area contributed by atoms with Gasteiger partial charge in [-0.2, -0.15) is 0 Å². The molecule has 0 radical (unpaired) electrons. The Morgan fingerprint density at radius 2 is 1.92 bits per heavy atom. The molecular formula is C6H2F3I2N. The molecule has 6 heteroatoms. The number of hydrogen-bond acceptors (Lipinski definition) is 1. The Morgan fingerprint density at radius 1 is 1.33 bits per heavy atom. The molecule has 0 aromatic carbocycles. The summed E-state index contributed by atoms with van der Waals surface area (Å²) in [5.74, 6) is -0.925. The van der Waals surface area contributed by atoms with Crippen LogP contribution in [0.4, 0.5) is 13.2 Å². The zero-order chi connectivity index (χ0) is 9.30. The maximum absolute atomic E-state index is 12.9. The van der Waals surface area contributed by atoms with Crippen LogP contribution in [0.1, 0.15) is 12.1 Å². The molecular weight excluding hydrogens is 397 g/mol. The van der Waals surface area contributed by atoms with Gasteiger partial charge in [0.25, 0.3) is 6.43 Å². The Morgan fingerprint density at radius 3 is 2.42 bits per heavy atom. The van der Waals surface area contributed by atoms with Crippen LogP contribution < -0.4 is 0 Å². The molecule has 0 saturated heterocycles. The molecule has 0 amide bonds. The van der Waals surface area contributed by atoms with Gasteiger partial charge < -0.3 is 0 Å². The summed E-state index contributed by atoms with van der Waals surface area (Å²) < 4.78 is 37.6. The van der Waals surface area contributed by atoms with Crippen LogP contribution >= 0.6 is 45.2 Å². The average Bonchev–Trinajstić information content (AvgIpc) is 1.96. The second kappa shape index (κ2) is 4.07. The number of nitrogens with zero attached hydrogens (tertiary/aromatic N) is 1. The van der Waals surface area contributed by atoms with Gasteiger partial charge in [0, 0.05) is 0 Å². The molecule has 66 valence electrons. The Labute approximate surface area is 94.0 Å². The van der Waals surface area contributed by atoms with Crippen molar-refractivity contribution in [2.45, 2.75) is 6.43 Å². The van der Waals surface area contributed by atoms with Gasteiger partial charge in [-0.15, -0.1) is 0 Å². The van der Waals surface area contributed by atoms with Crippen LogP contribution in [0.2, 0.25) is 0 Å². The highest BCUT2D eigenvalue weighted by atomic mass is 127. The topological polar surface area (TPSA) is 12.9 Å². The largest absolute Gasteiger partial charge is 0.283 e. The molecule has 12 heavy (non-hydrogen) atoms. The molecule has 0 bridgehead atoms. The lowest BCUT2D eigenvalue weighted by Crippen LogP contribution is -2.00. The number of halogens is 5. The summed E-state index contributed by atoms with van der Waals surface area (Å²) in [7, 11) is 0. The SMILES string of the molecule is Fc1c(I)cc(I)nc1C(F)F. The zero-order valence-corrected chi connectivity index (χ0v) is 9.81. The van der Waals surface area contributed by atoms with E-state index in [0.717, 1.165) is 0 Å². The second-order valence-corrected chi connectivity index (χ2v) is 4.19. The normalized spacial score (nSPS) is 10.8. The molecule has 0 atom stereocenters. The standard InChI is InChI=1S/C6H2F3I2N/c7-4-2(10)1-3(11)12-5(4)6(8)9/h1,6H. The minimum absolute atomic E-state index is 0.169. The summed E-state index contributed by atoms with van der Waals surface area (Å²) in [6.07, 6.45) is -2.85. The van der Waals surface area contributed by atoms with Crippen molar-refractivity contribution in [1.82, 2.24) is 4.98 Å². The summed E-state index contributed by atoms with van der Waals surface area (Å²) in [4.78, 5) is 3.39. The van der Waals surface area contributed by atoms with E-state index in [-0.39, 0.29) is 3.57 Å². The molecule has 1 nitrogen and oxygen atoms in total. The van der Waals surface area contributed by atoms with E-state index in [1.54, 1.807) is 45.2 Å². The van der Waals surface area contributed by atoms with Crippen LogP contribution in [0.25, 0.3) is 0 Å².